The second kappa shape index (κ2) is 10.2. The standard InChI is InChI=1S/C24H29N3O4S/c1-18-14-19(2)16-22(15-18)31-13-12-26(3)24(28)20-8-10-27(11-9-20)32(29,30)23-7-5-4-6-21(23)17-25/h4-7,14-16,20H,8-13H2,1-3H3. The number of hydrogen-bond donors (Lipinski definition) is 0. The molecule has 0 aliphatic carbocycles. The fraction of sp³-hybridized carbons (Fsp3) is 0.417. The van der Waals surface area contributed by atoms with Gasteiger partial charge in [-0.1, -0.05) is 18.2 Å². The molecule has 1 fully saturated rings. The Kier molecular flexibility index (Phi) is 7.54. The largest absolute Gasteiger partial charge is 0.492 e. The molecule has 8 heteroatoms. The van der Waals surface area contributed by atoms with Crippen LogP contribution in [0.25, 0.3) is 0 Å². The van der Waals surface area contributed by atoms with Gasteiger partial charge in [0.25, 0.3) is 0 Å². The first kappa shape index (κ1) is 23.8. The van der Waals surface area contributed by atoms with E-state index in [2.05, 4.69) is 6.07 Å². The molecule has 170 valence electrons. The number of carbonyl (C=O) groups is 1. The number of aryl methyl sites for hydroxylation is 2. The molecule has 2 aromatic carbocycles. The van der Waals surface area contributed by atoms with Gasteiger partial charge in [0.15, 0.2) is 0 Å². The van der Waals surface area contributed by atoms with E-state index in [1.165, 1.54) is 16.4 Å². The van der Waals surface area contributed by atoms with Crippen LogP contribution in [0.2, 0.25) is 0 Å². The molecule has 3 rings (SSSR count). The molecule has 0 saturated carbocycles. The topological polar surface area (TPSA) is 90.7 Å². The third-order valence-corrected chi connectivity index (χ3v) is 7.65. The Labute approximate surface area is 190 Å². The Morgan fingerprint density at radius 1 is 1.16 bits per heavy atom. The van der Waals surface area contributed by atoms with Crippen LogP contribution in [0.15, 0.2) is 47.4 Å². The monoisotopic (exact) mass is 455 g/mol. The first-order valence-electron chi connectivity index (χ1n) is 10.7. The predicted octanol–water partition coefficient (Wildman–Crippen LogP) is 3.11. The van der Waals surface area contributed by atoms with Gasteiger partial charge in [-0.25, -0.2) is 8.42 Å². The fourth-order valence-electron chi connectivity index (χ4n) is 4.00. The van der Waals surface area contributed by atoms with Gasteiger partial charge in [-0.2, -0.15) is 9.57 Å². The van der Waals surface area contributed by atoms with E-state index in [4.69, 9.17) is 4.74 Å². The van der Waals surface area contributed by atoms with Crippen molar-refractivity contribution in [1.29, 1.82) is 5.26 Å². The highest BCUT2D eigenvalue weighted by molar-refractivity contribution is 7.89. The van der Waals surface area contributed by atoms with E-state index in [1.807, 2.05) is 32.0 Å². The molecule has 32 heavy (non-hydrogen) atoms. The van der Waals surface area contributed by atoms with Crippen LogP contribution in [0.3, 0.4) is 0 Å². The molecule has 0 spiro atoms. The summed E-state index contributed by atoms with van der Waals surface area (Å²) < 4.78 is 33.1. The van der Waals surface area contributed by atoms with Gasteiger partial charge in [0.1, 0.15) is 18.4 Å². The minimum absolute atomic E-state index is 0.00324. The lowest BCUT2D eigenvalue weighted by molar-refractivity contribution is -0.135. The Bertz CT molecular complexity index is 1100. The van der Waals surface area contributed by atoms with Crippen molar-refractivity contribution in [3.05, 3.63) is 59.2 Å². The molecule has 0 N–H and O–H groups in total. The highest BCUT2D eigenvalue weighted by Crippen LogP contribution is 2.26. The number of likely N-dealkylation sites (N-methyl/N-ethyl adjacent to an activating group) is 1. The van der Waals surface area contributed by atoms with Crippen molar-refractivity contribution in [2.24, 2.45) is 5.92 Å². The number of sulfonamides is 1. The number of hydrogen-bond acceptors (Lipinski definition) is 5. The van der Waals surface area contributed by atoms with Crippen LogP contribution in [0, 0.1) is 31.1 Å². The summed E-state index contributed by atoms with van der Waals surface area (Å²) in [5.41, 5.74) is 2.39. The molecule has 0 unspecified atom stereocenters. The molecular formula is C24H29N3O4S. The average Bonchev–Trinajstić information content (AvgIpc) is 2.78. The minimum atomic E-state index is -3.76. The third kappa shape index (κ3) is 5.47. The zero-order chi connectivity index (χ0) is 23.3. The van der Waals surface area contributed by atoms with Crippen LogP contribution < -0.4 is 4.74 Å². The Balaban J connectivity index is 1.53. The summed E-state index contributed by atoms with van der Waals surface area (Å²) in [6, 6.07) is 14.2. The first-order valence-corrected chi connectivity index (χ1v) is 12.1. The van der Waals surface area contributed by atoms with Crippen molar-refractivity contribution in [2.75, 3.05) is 33.3 Å². The second-order valence-electron chi connectivity index (χ2n) is 8.22. The van der Waals surface area contributed by atoms with Gasteiger partial charge < -0.3 is 9.64 Å². The lowest BCUT2D eigenvalue weighted by Gasteiger charge is -2.32. The third-order valence-electron chi connectivity index (χ3n) is 5.70. The van der Waals surface area contributed by atoms with E-state index in [1.54, 1.807) is 24.1 Å². The van der Waals surface area contributed by atoms with E-state index in [0.29, 0.717) is 26.0 Å². The van der Waals surface area contributed by atoms with Gasteiger partial charge in [0.05, 0.1) is 17.0 Å². The Morgan fingerprint density at radius 3 is 2.41 bits per heavy atom. The Morgan fingerprint density at radius 2 is 1.78 bits per heavy atom. The Hall–Kier alpha value is -2.89. The molecule has 0 bridgehead atoms. The van der Waals surface area contributed by atoms with Crippen LogP contribution in [-0.4, -0.2) is 56.8 Å². The summed E-state index contributed by atoms with van der Waals surface area (Å²) in [4.78, 5) is 14.5. The number of nitrogens with zero attached hydrogens (tertiary/aromatic N) is 3. The molecule has 1 heterocycles. The number of amides is 1. The van der Waals surface area contributed by atoms with Crippen LogP contribution in [0.4, 0.5) is 0 Å². The van der Waals surface area contributed by atoms with Crippen molar-refractivity contribution in [1.82, 2.24) is 9.21 Å². The number of piperidine rings is 1. The van der Waals surface area contributed by atoms with E-state index < -0.39 is 10.0 Å². The zero-order valence-electron chi connectivity index (χ0n) is 18.7. The van der Waals surface area contributed by atoms with Crippen molar-refractivity contribution in [3.8, 4) is 11.8 Å². The quantitative estimate of drug-likeness (QED) is 0.640. The normalized spacial score (nSPS) is 15.2. The number of ether oxygens (including phenoxy) is 1. The van der Waals surface area contributed by atoms with Crippen molar-refractivity contribution in [3.63, 3.8) is 0 Å². The van der Waals surface area contributed by atoms with Crippen molar-refractivity contribution >= 4 is 15.9 Å². The lowest BCUT2D eigenvalue weighted by Crippen LogP contribution is -2.44. The minimum Gasteiger partial charge on any atom is -0.492 e. The number of nitriles is 1. The van der Waals surface area contributed by atoms with Gasteiger partial charge in [-0.3, -0.25) is 4.79 Å². The first-order chi connectivity index (χ1) is 15.2. The number of rotatable bonds is 7. The van der Waals surface area contributed by atoms with Gasteiger partial charge >= 0.3 is 0 Å². The summed E-state index contributed by atoms with van der Waals surface area (Å²) in [6.45, 7) is 5.39. The maximum absolute atomic E-state index is 13.0. The van der Waals surface area contributed by atoms with E-state index in [0.717, 1.165) is 16.9 Å². The SMILES string of the molecule is Cc1cc(C)cc(OCCN(C)C(=O)C2CCN(S(=O)(=O)c3ccccc3C#N)CC2)c1. The molecule has 1 aliphatic rings. The molecule has 1 amide bonds. The highest BCUT2D eigenvalue weighted by Gasteiger charge is 2.34. The highest BCUT2D eigenvalue weighted by atomic mass is 32.2. The second-order valence-corrected chi connectivity index (χ2v) is 10.1. The van der Waals surface area contributed by atoms with Gasteiger partial charge in [-0.05, 0) is 62.1 Å². The average molecular weight is 456 g/mol. The van der Waals surface area contributed by atoms with E-state index >= 15 is 0 Å². The fourth-order valence-corrected chi connectivity index (χ4v) is 5.62. The van der Waals surface area contributed by atoms with Gasteiger partial charge in [0.2, 0.25) is 15.9 Å². The molecule has 2 aromatic rings. The predicted molar refractivity (Wildman–Crippen MR) is 122 cm³/mol. The maximum Gasteiger partial charge on any atom is 0.244 e. The summed E-state index contributed by atoms with van der Waals surface area (Å²) in [7, 11) is -2.01. The molecule has 0 aromatic heterocycles. The summed E-state index contributed by atoms with van der Waals surface area (Å²) in [6.07, 6.45) is 0.907. The van der Waals surface area contributed by atoms with E-state index in [-0.39, 0.29) is 35.4 Å². The summed E-state index contributed by atoms with van der Waals surface area (Å²) in [5, 5.41) is 9.23. The van der Waals surface area contributed by atoms with Crippen LogP contribution in [0.5, 0.6) is 5.75 Å². The van der Waals surface area contributed by atoms with Crippen molar-refractivity contribution in [2.45, 2.75) is 31.6 Å². The summed E-state index contributed by atoms with van der Waals surface area (Å²) in [5.74, 6) is 0.571. The van der Waals surface area contributed by atoms with Gasteiger partial charge in [-0.15, -0.1) is 0 Å². The molecular weight excluding hydrogens is 426 g/mol. The molecule has 0 atom stereocenters. The zero-order valence-corrected chi connectivity index (χ0v) is 19.6. The van der Waals surface area contributed by atoms with Crippen LogP contribution >= 0.6 is 0 Å². The van der Waals surface area contributed by atoms with Gasteiger partial charge in [0, 0.05) is 26.1 Å². The molecule has 7 nitrogen and oxygen atoms in total. The maximum atomic E-state index is 13.0. The van der Waals surface area contributed by atoms with E-state index in [9.17, 15) is 18.5 Å². The summed E-state index contributed by atoms with van der Waals surface area (Å²) >= 11 is 0. The number of carbonyl (C=O) groups excluding carboxylic acids is 1. The molecule has 1 aliphatic heterocycles. The molecule has 0 radical (unpaired) electrons. The van der Waals surface area contributed by atoms with Crippen LogP contribution in [-0.2, 0) is 14.8 Å². The smallest absolute Gasteiger partial charge is 0.244 e. The van der Waals surface area contributed by atoms with Crippen LogP contribution in [0.1, 0.15) is 29.5 Å². The molecule has 1 saturated heterocycles. The lowest BCUT2D eigenvalue weighted by atomic mass is 9.97. The van der Waals surface area contributed by atoms with Crippen molar-refractivity contribution < 1.29 is 17.9 Å². The number of benzene rings is 2.